The smallest absolute Gasteiger partial charge is 0.416 e. The Balaban J connectivity index is 3.02. The molecule has 0 aliphatic carbocycles. The molecule has 14 heavy (non-hydrogen) atoms. The fourth-order valence-corrected chi connectivity index (χ4v) is 0.974. The molecule has 0 radical (unpaired) electrons. The Morgan fingerprint density at radius 2 is 2.00 bits per heavy atom. The lowest BCUT2D eigenvalue weighted by atomic mass is 10.1. The maximum Gasteiger partial charge on any atom is 0.416 e. The number of methoxy groups -OCH3 is 1. The highest BCUT2D eigenvalue weighted by Gasteiger charge is 2.32. The Morgan fingerprint density at radius 3 is 2.50 bits per heavy atom. The largest absolute Gasteiger partial charge is 0.497 e. The molecule has 0 aliphatic rings. The Kier molecular flexibility index (Phi) is 2.84. The van der Waals surface area contributed by atoms with Crippen LogP contribution in [-0.2, 0) is 0 Å². The van der Waals surface area contributed by atoms with Crippen molar-refractivity contribution >= 4 is 5.57 Å². The SMILES string of the molecule is C=C(c1cccc(OC)c1)C(F)(F)F. The summed E-state index contributed by atoms with van der Waals surface area (Å²) < 4.78 is 41.5. The van der Waals surface area contributed by atoms with Crippen LogP contribution >= 0.6 is 0 Å². The summed E-state index contributed by atoms with van der Waals surface area (Å²) >= 11 is 0. The monoisotopic (exact) mass is 202 g/mol. The molecule has 0 bridgehead atoms. The van der Waals surface area contributed by atoms with E-state index in [0.29, 0.717) is 5.75 Å². The highest BCUT2D eigenvalue weighted by atomic mass is 19.4. The first-order valence-corrected chi connectivity index (χ1v) is 3.85. The average molecular weight is 202 g/mol. The molecule has 1 aromatic rings. The molecule has 4 heteroatoms. The normalized spacial score (nSPS) is 11.1. The first-order valence-electron chi connectivity index (χ1n) is 3.85. The van der Waals surface area contributed by atoms with Gasteiger partial charge in [-0.25, -0.2) is 0 Å². The van der Waals surface area contributed by atoms with Crippen LogP contribution in [0.1, 0.15) is 5.56 Å². The Labute approximate surface area is 79.8 Å². The lowest BCUT2D eigenvalue weighted by Crippen LogP contribution is -2.09. The van der Waals surface area contributed by atoms with Crippen molar-refractivity contribution in [2.75, 3.05) is 7.11 Å². The molecule has 0 fully saturated rings. The minimum atomic E-state index is -4.40. The molecule has 0 saturated carbocycles. The van der Waals surface area contributed by atoms with Crippen molar-refractivity contribution < 1.29 is 17.9 Å². The van der Waals surface area contributed by atoms with E-state index < -0.39 is 11.7 Å². The lowest BCUT2D eigenvalue weighted by molar-refractivity contribution is -0.0686. The predicted octanol–water partition coefficient (Wildman–Crippen LogP) is 3.27. The summed E-state index contributed by atoms with van der Waals surface area (Å²) in [4.78, 5) is 0. The van der Waals surface area contributed by atoms with Crippen molar-refractivity contribution in [3.8, 4) is 5.75 Å². The highest BCUT2D eigenvalue weighted by Crippen LogP contribution is 2.33. The van der Waals surface area contributed by atoms with Crippen LogP contribution in [0, 0.1) is 0 Å². The predicted molar refractivity (Wildman–Crippen MR) is 48.1 cm³/mol. The van der Waals surface area contributed by atoms with Gasteiger partial charge in [-0.05, 0) is 17.7 Å². The van der Waals surface area contributed by atoms with Crippen LogP contribution in [0.4, 0.5) is 13.2 Å². The van der Waals surface area contributed by atoms with E-state index in [2.05, 4.69) is 6.58 Å². The van der Waals surface area contributed by atoms with Crippen molar-refractivity contribution in [2.45, 2.75) is 6.18 Å². The fraction of sp³-hybridized carbons (Fsp3) is 0.200. The number of hydrogen-bond donors (Lipinski definition) is 0. The topological polar surface area (TPSA) is 9.23 Å². The van der Waals surface area contributed by atoms with E-state index in [4.69, 9.17) is 4.74 Å². The molecule has 0 unspecified atom stereocenters. The van der Waals surface area contributed by atoms with Crippen LogP contribution in [0.5, 0.6) is 5.75 Å². The minimum absolute atomic E-state index is 0.0249. The molecule has 0 amide bonds. The molecule has 0 N–H and O–H groups in total. The summed E-state index contributed by atoms with van der Waals surface area (Å²) in [5.74, 6) is 0.382. The minimum Gasteiger partial charge on any atom is -0.497 e. The molecule has 1 aromatic carbocycles. The van der Waals surface area contributed by atoms with Crippen LogP contribution in [0.2, 0.25) is 0 Å². The van der Waals surface area contributed by atoms with Crippen molar-refractivity contribution in [3.05, 3.63) is 36.4 Å². The molecule has 0 aromatic heterocycles. The van der Waals surface area contributed by atoms with Crippen LogP contribution < -0.4 is 4.74 Å². The Bertz CT molecular complexity index is 341. The van der Waals surface area contributed by atoms with E-state index in [0.717, 1.165) is 0 Å². The average Bonchev–Trinajstić information content (AvgIpc) is 2.15. The second kappa shape index (κ2) is 3.74. The van der Waals surface area contributed by atoms with Gasteiger partial charge in [0.05, 0.1) is 12.7 Å². The zero-order chi connectivity index (χ0) is 10.8. The zero-order valence-electron chi connectivity index (χ0n) is 7.56. The van der Waals surface area contributed by atoms with Gasteiger partial charge in [0.15, 0.2) is 0 Å². The molecule has 0 aliphatic heterocycles. The van der Waals surface area contributed by atoms with Crippen molar-refractivity contribution in [3.63, 3.8) is 0 Å². The number of alkyl halides is 3. The van der Waals surface area contributed by atoms with Crippen LogP contribution in [0.15, 0.2) is 30.8 Å². The van der Waals surface area contributed by atoms with Crippen molar-refractivity contribution in [1.82, 2.24) is 0 Å². The number of hydrogen-bond acceptors (Lipinski definition) is 1. The molecule has 0 spiro atoms. The van der Waals surface area contributed by atoms with E-state index in [1.807, 2.05) is 0 Å². The summed E-state index contributed by atoms with van der Waals surface area (Å²) in [6.45, 7) is 2.99. The molecule has 76 valence electrons. The zero-order valence-corrected chi connectivity index (χ0v) is 7.56. The van der Waals surface area contributed by atoms with Gasteiger partial charge in [0.25, 0.3) is 0 Å². The van der Waals surface area contributed by atoms with Crippen molar-refractivity contribution in [2.24, 2.45) is 0 Å². The third-order valence-electron chi connectivity index (χ3n) is 1.76. The first kappa shape index (κ1) is 10.6. The third-order valence-corrected chi connectivity index (χ3v) is 1.76. The molecule has 1 rings (SSSR count). The van der Waals surface area contributed by atoms with E-state index in [1.54, 1.807) is 6.07 Å². The second-order valence-corrected chi connectivity index (χ2v) is 2.71. The molecular formula is C10H9F3O. The lowest BCUT2D eigenvalue weighted by Gasteiger charge is -2.10. The number of benzene rings is 1. The van der Waals surface area contributed by atoms with Gasteiger partial charge in [0.2, 0.25) is 0 Å². The number of ether oxygens (including phenoxy) is 1. The van der Waals surface area contributed by atoms with E-state index in [-0.39, 0.29) is 5.56 Å². The molecular weight excluding hydrogens is 193 g/mol. The van der Waals surface area contributed by atoms with Crippen LogP contribution in [0.3, 0.4) is 0 Å². The Morgan fingerprint density at radius 1 is 1.36 bits per heavy atom. The van der Waals surface area contributed by atoms with Gasteiger partial charge in [-0.1, -0.05) is 18.7 Å². The summed E-state index contributed by atoms with van der Waals surface area (Å²) in [5, 5.41) is 0. The molecule has 0 heterocycles. The maximum atomic E-state index is 12.2. The summed E-state index contributed by atoms with van der Waals surface area (Å²) in [7, 11) is 1.40. The van der Waals surface area contributed by atoms with E-state index in [1.165, 1.54) is 25.3 Å². The standard InChI is InChI=1S/C10H9F3O/c1-7(10(11,12)13)8-4-3-5-9(6-8)14-2/h3-6H,1H2,2H3. The van der Waals surface area contributed by atoms with Gasteiger partial charge < -0.3 is 4.74 Å². The number of allylic oxidation sites excluding steroid dienone is 1. The summed E-state index contributed by atoms with van der Waals surface area (Å²) in [6.07, 6.45) is -4.40. The highest BCUT2D eigenvalue weighted by molar-refractivity contribution is 5.68. The van der Waals surface area contributed by atoms with Gasteiger partial charge in [0.1, 0.15) is 5.75 Å². The fourth-order valence-electron chi connectivity index (χ4n) is 0.974. The van der Waals surface area contributed by atoms with Crippen LogP contribution in [-0.4, -0.2) is 13.3 Å². The summed E-state index contributed by atoms with van der Waals surface area (Å²) in [6, 6.07) is 5.71. The quantitative estimate of drug-likeness (QED) is 0.715. The van der Waals surface area contributed by atoms with Gasteiger partial charge >= 0.3 is 6.18 Å². The number of halogens is 3. The van der Waals surface area contributed by atoms with Crippen LogP contribution in [0.25, 0.3) is 5.57 Å². The van der Waals surface area contributed by atoms with Gasteiger partial charge in [-0.15, -0.1) is 0 Å². The Hall–Kier alpha value is -1.45. The van der Waals surface area contributed by atoms with Gasteiger partial charge in [-0.3, -0.25) is 0 Å². The van der Waals surface area contributed by atoms with Gasteiger partial charge in [-0.2, -0.15) is 13.2 Å². The number of rotatable bonds is 2. The molecule has 1 nitrogen and oxygen atoms in total. The molecule has 0 atom stereocenters. The first-order chi connectivity index (χ1) is 6.45. The van der Waals surface area contributed by atoms with E-state index in [9.17, 15) is 13.2 Å². The van der Waals surface area contributed by atoms with E-state index >= 15 is 0 Å². The van der Waals surface area contributed by atoms with Gasteiger partial charge in [0, 0.05) is 0 Å². The third kappa shape index (κ3) is 2.28. The summed E-state index contributed by atoms with van der Waals surface area (Å²) in [5.41, 5.74) is -0.840. The maximum absolute atomic E-state index is 12.2. The second-order valence-electron chi connectivity index (χ2n) is 2.71. The molecule has 0 saturated heterocycles. The van der Waals surface area contributed by atoms with Crippen molar-refractivity contribution in [1.29, 1.82) is 0 Å².